The summed E-state index contributed by atoms with van der Waals surface area (Å²) < 4.78 is 1.15. The molecule has 1 fully saturated rings. The number of nitrogens with zero attached hydrogens (tertiary/aromatic N) is 2. The summed E-state index contributed by atoms with van der Waals surface area (Å²) in [6.07, 6.45) is 4.90. The molecule has 4 nitrogen and oxygen atoms in total. The second-order valence-electron chi connectivity index (χ2n) is 5.25. The Kier molecular flexibility index (Phi) is 4.38. The van der Waals surface area contributed by atoms with E-state index in [1.54, 1.807) is 6.20 Å². The van der Waals surface area contributed by atoms with Gasteiger partial charge in [-0.3, -0.25) is 0 Å². The second kappa shape index (κ2) is 6.41. The van der Waals surface area contributed by atoms with Crippen LogP contribution in [-0.2, 0) is 6.54 Å². The van der Waals surface area contributed by atoms with Gasteiger partial charge in [-0.05, 0) is 30.5 Å². The van der Waals surface area contributed by atoms with Gasteiger partial charge in [-0.15, -0.1) is 0 Å². The number of hydrogen-bond donors (Lipinski definition) is 2. The van der Waals surface area contributed by atoms with Gasteiger partial charge in [0.1, 0.15) is 5.82 Å². The molecule has 0 amide bonds. The van der Waals surface area contributed by atoms with Crippen molar-refractivity contribution < 1.29 is 0 Å². The number of hydrogen-bond acceptors (Lipinski definition) is 3. The van der Waals surface area contributed by atoms with Gasteiger partial charge in [-0.25, -0.2) is 4.98 Å². The van der Waals surface area contributed by atoms with Gasteiger partial charge in [0.25, 0.3) is 0 Å². The van der Waals surface area contributed by atoms with Crippen molar-refractivity contribution in [1.82, 2.24) is 15.3 Å². The minimum absolute atomic E-state index is 0.712. The molecule has 5 heteroatoms. The van der Waals surface area contributed by atoms with Crippen LogP contribution in [0.2, 0.25) is 0 Å². The van der Waals surface area contributed by atoms with Crippen molar-refractivity contribution in [2.45, 2.75) is 13.0 Å². The minimum Gasteiger partial charge on any atom is -0.371 e. The number of H-pyrrole nitrogens is 1. The second-order valence-corrected chi connectivity index (χ2v) is 6.16. The number of benzene rings is 1. The fraction of sp³-hybridized carbons (Fsp3) is 0.400. The van der Waals surface area contributed by atoms with Gasteiger partial charge < -0.3 is 15.2 Å². The van der Waals surface area contributed by atoms with Crippen molar-refractivity contribution in [1.29, 1.82) is 0 Å². The molecule has 1 aliphatic rings. The van der Waals surface area contributed by atoms with E-state index in [1.165, 1.54) is 12.1 Å². The molecule has 1 unspecified atom stereocenters. The molecule has 1 aromatic heterocycles. The Balaban J connectivity index is 1.47. The van der Waals surface area contributed by atoms with Gasteiger partial charge >= 0.3 is 0 Å². The van der Waals surface area contributed by atoms with Gasteiger partial charge in [0.15, 0.2) is 0 Å². The maximum Gasteiger partial charge on any atom is 0.120 e. The highest BCUT2D eigenvalue weighted by Gasteiger charge is 2.22. The third kappa shape index (κ3) is 3.41. The highest BCUT2D eigenvalue weighted by Crippen LogP contribution is 2.25. The van der Waals surface area contributed by atoms with Crippen LogP contribution in [0.25, 0.3) is 0 Å². The van der Waals surface area contributed by atoms with E-state index < -0.39 is 0 Å². The monoisotopic (exact) mass is 334 g/mol. The van der Waals surface area contributed by atoms with E-state index in [9.17, 15) is 0 Å². The maximum atomic E-state index is 4.22. The molecular weight excluding hydrogens is 316 g/mol. The van der Waals surface area contributed by atoms with E-state index in [2.05, 4.69) is 60.4 Å². The summed E-state index contributed by atoms with van der Waals surface area (Å²) in [4.78, 5) is 9.80. The number of nitrogens with one attached hydrogen (secondary N) is 2. The third-order valence-electron chi connectivity index (χ3n) is 3.74. The summed E-state index contributed by atoms with van der Waals surface area (Å²) >= 11 is 3.54. The highest BCUT2D eigenvalue weighted by molar-refractivity contribution is 9.10. The smallest absolute Gasteiger partial charge is 0.120 e. The number of anilines is 1. The lowest BCUT2D eigenvalue weighted by molar-refractivity contribution is 0.511. The quantitative estimate of drug-likeness (QED) is 0.883. The van der Waals surface area contributed by atoms with Gasteiger partial charge in [0.2, 0.25) is 0 Å². The van der Waals surface area contributed by atoms with Crippen LogP contribution in [0.4, 0.5) is 5.69 Å². The molecule has 0 aliphatic carbocycles. The van der Waals surface area contributed by atoms with E-state index in [0.29, 0.717) is 5.92 Å². The van der Waals surface area contributed by atoms with E-state index in [1.807, 2.05) is 6.20 Å². The first kappa shape index (κ1) is 13.6. The molecule has 2 aromatic rings. The van der Waals surface area contributed by atoms with Crippen LogP contribution in [0.3, 0.4) is 0 Å². The van der Waals surface area contributed by atoms with E-state index >= 15 is 0 Å². The first-order chi connectivity index (χ1) is 9.81. The van der Waals surface area contributed by atoms with Crippen LogP contribution < -0.4 is 10.2 Å². The molecule has 3 rings (SSSR count). The lowest BCUT2D eigenvalue weighted by atomic mass is 10.1. The Labute approximate surface area is 127 Å². The van der Waals surface area contributed by atoms with Crippen molar-refractivity contribution in [2.24, 2.45) is 5.92 Å². The summed E-state index contributed by atoms with van der Waals surface area (Å²) in [5, 5.41) is 3.48. The average Bonchev–Trinajstić information content (AvgIpc) is 3.10. The Morgan fingerprint density at radius 2 is 2.40 bits per heavy atom. The van der Waals surface area contributed by atoms with Crippen LogP contribution in [0.5, 0.6) is 0 Å². The Morgan fingerprint density at radius 3 is 3.20 bits per heavy atom. The molecule has 1 saturated heterocycles. The largest absolute Gasteiger partial charge is 0.371 e. The Bertz CT molecular complexity index is 541. The van der Waals surface area contributed by atoms with Crippen LogP contribution in [-0.4, -0.2) is 29.6 Å². The standard InChI is InChI=1S/C15H19BrN4/c16-13-2-1-3-14(8-13)20-7-4-12(11-20)9-17-10-15-18-5-6-19-15/h1-3,5-6,8,12,17H,4,7,9-11H2,(H,18,19). The summed E-state index contributed by atoms with van der Waals surface area (Å²) in [6, 6.07) is 8.55. The molecule has 20 heavy (non-hydrogen) atoms. The van der Waals surface area contributed by atoms with Crippen molar-refractivity contribution >= 4 is 21.6 Å². The van der Waals surface area contributed by atoms with E-state index in [0.717, 1.165) is 36.5 Å². The average molecular weight is 335 g/mol. The number of halogens is 1. The number of imidazole rings is 1. The van der Waals surface area contributed by atoms with Gasteiger partial charge in [-0.2, -0.15) is 0 Å². The lowest BCUT2D eigenvalue weighted by Crippen LogP contribution is -2.26. The summed E-state index contributed by atoms with van der Waals surface area (Å²) in [5.41, 5.74) is 1.31. The molecule has 1 aliphatic heterocycles. The maximum absolute atomic E-state index is 4.22. The zero-order valence-electron chi connectivity index (χ0n) is 11.3. The Morgan fingerprint density at radius 1 is 1.45 bits per heavy atom. The zero-order chi connectivity index (χ0) is 13.8. The summed E-state index contributed by atoms with van der Waals surface area (Å²) in [7, 11) is 0. The minimum atomic E-state index is 0.712. The summed E-state index contributed by atoms with van der Waals surface area (Å²) in [5.74, 6) is 1.72. The van der Waals surface area contributed by atoms with Crippen molar-refractivity contribution in [3.05, 3.63) is 47.0 Å². The topological polar surface area (TPSA) is 44.0 Å². The normalized spacial score (nSPS) is 18.6. The molecule has 0 saturated carbocycles. The van der Waals surface area contributed by atoms with Gasteiger partial charge in [0, 0.05) is 42.2 Å². The molecule has 0 bridgehead atoms. The highest BCUT2D eigenvalue weighted by atomic mass is 79.9. The Hall–Kier alpha value is -1.33. The van der Waals surface area contributed by atoms with Crippen molar-refractivity contribution in [2.75, 3.05) is 24.5 Å². The molecule has 0 spiro atoms. The molecule has 106 valence electrons. The van der Waals surface area contributed by atoms with Gasteiger partial charge in [-0.1, -0.05) is 22.0 Å². The number of aromatic nitrogens is 2. The zero-order valence-corrected chi connectivity index (χ0v) is 12.9. The first-order valence-corrected chi connectivity index (χ1v) is 7.80. The van der Waals surface area contributed by atoms with Crippen LogP contribution >= 0.6 is 15.9 Å². The predicted molar refractivity (Wildman–Crippen MR) is 84.8 cm³/mol. The number of aromatic amines is 1. The van der Waals surface area contributed by atoms with Crippen molar-refractivity contribution in [3.63, 3.8) is 0 Å². The molecule has 1 aromatic carbocycles. The molecule has 1 atom stereocenters. The predicted octanol–water partition coefficient (Wildman–Crippen LogP) is 2.79. The van der Waals surface area contributed by atoms with Crippen LogP contribution in [0.15, 0.2) is 41.1 Å². The van der Waals surface area contributed by atoms with Crippen LogP contribution in [0.1, 0.15) is 12.2 Å². The van der Waals surface area contributed by atoms with E-state index in [4.69, 9.17) is 0 Å². The third-order valence-corrected chi connectivity index (χ3v) is 4.23. The fourth-order valence-corrected chi connectivity index (χ4v) is 3.08. The van der Waals surface area contributed by atoms with Crippen LogP contribution in [0, 0.1) is 5.92 Å². The number of rotatable bonds is 5. The van der Waals surface area contributed by atoms with Gasteiger partial charge in [0.05, 0.1) is 6.54 Å². The SMILES string of the molecule is Brc1cccc(N2CCC(CNCc3ncc[nH]3)C2)c1. The molecule has 0 radical (unpaired) electrons. The fourth-order valence-electron chi connectivity index (χ4n) is 2.70. The van der Waals surface area contributed by atoms with E-state index in [-0.39, 0.29) is 0 Å². The molecule has 2 heterocycles. The van der Waals surface area contributed by atoms with Crippen molar-refractivity contribution in [3.8, 4) is 0 Å². The molecular formula is C15H19BrN4. The first-order valence-electron chi connectivity index (χ1n) is 7.01. The lowest BCUT2D eigenvalue weighted by Gasteiger charge is -2.19. The summed E-state index contributed by atoms with van der Waals surface area (Å²) in [6.45, 7) is 4.14. The molecule has 2 N–H and O–H groups in total.